The SMILES string of the molecule is CCOc1ccc2nc(NC3=NCN(CCc4ccccc4)CN3)nc(C)c2c1. The third-order valence-corrected chi connectivity index (χ3v) is 4.86. The molecule has 4 rings (SSSR count). The maximum Gasteiger partial charge on any atom is 0.230 e. The van der Waals surface area contributed by atoms with E-state index < -0.39 is 0 Å². The van der Waals surface area contributed by atoms with Gasteiger partial charge in [0.25, 0.3) is 0 Å². The number of aliphatic imine (C=N–C) groups is 1. The molecule has 1 aromatic heterocycles. The second-order valence-corrected chi connectivity index (χ2v) is 6.98. The van der Waals surface area contributed by atoms with Gasteiger partial charge in [0.2, 0.25) is 11.9 Å². The second-order valence-electron chi connectivity index (χ2n) is 6.98. The van der Waals surface area contributed by atoms with Crippen molar-refractivity contribution in [3.05, 3.63) is 59.8 Å². The van der Waals surface area contributed by atoms with Gasteiger partial charge >= 0.3 is 0 Å². The van der Waals surface area contributed by atoms with Crippen molar-refractivity contribution in [2.45, 2.75) is 20.3 Å². The Balaban J connectivity index is 1.38. The van der Waals surface area contributed by atoms with Crippen LogP contribution < -0.4 is 15.4 Å². The lowest BCUT2D eigenvalue weighted by Gasteiger charge is -2.26. The van der Waals surface area contributed by atoms with Crippen molar-refractivity contribution >= 4 is 22.8 Å². The fourth-order valence-corrected chi connectivity index (χ4v) is 3.31. The molecule has 0 atom stereocenters. The van der Waals surface area contributed by atoms with Crippen molar-refractivity contribution < 1.29 is 4.74 Å². The van der Waals surface area contributed by atoms with Crippen molar-refractivity contribution in [2.24, 2.45) is 4.99 Å². The standard InChI is InChI=1S/C22H26N6O/c1-3-29-18-9-10-20-19(13-18)16(2)25-22(26-20)27-21-23-14-28(15-24-21)12-11-17-7-5-4-6-8-17/h4-10,13H,3,11-12,14-15H2,1-2H3,(H2,23,24,25,26,27). The molecule has 0 saturated heterocycles. The number of nitrogens with one attached hydrogen (secondary N) is 2. The smallest absolute Gasteiger partial charge is 0.230 e. The molecular formula is C22H26N6O. The van der Waals surface area contributed by atoms with Crippen LogP contribution in [0.2, 0.25) is 0 Å². The summed E-state index contributed by atoms with van der Waals surface area (Å²) in [5.74, 6) is 2.08. The molecule has 0 unspecified atom stereocenters. The minimum atomic E-state index is 0.545. The fourth-order valence-electron chi connectivity index (χ4n) is 3.31. The van der Waals surface area contributed by atoms with Crippen molar-refractivity contribution in [2.75, 3.05) is 31.8 Å². The van der Waals surface area contributed by atoms with Crippen LogP contribution in [0.1, 0.15) is 18.2 Å². The van der Waals surface area contributed by atoms with E-state index >= 15 is 0 Å². The van der Waals surface area contributed by atoms with Gasteiger partial charge in [-0.1, -0.05) is 30.3 Å². The molecule has 29 heavy (non-hydrogen) atoms. The summed E-state index contributed by atoms with van der Waals surface area (Å²) in [5.41, 5.74) is 3.12. The third-order valence-electron chi connectivity index (χ3n) is 4.86. The van der Waals surface area contributed by atoms with Crippen LogP contribution in [0.25, 0.3) is 10.9 Å². The number of rotatable bonds is 6. The van der Waals surface area contributed by atoms with Crippen molar-refractivity contribution in [3.8, 4) is 5.75 Å². The molecule has 0 amide bonds. The Kier molecular flexibility index (Phi) is 5.86. The average molecular weight is 390 g/mol. The molecule has 0 bridgehead atoms. The predicted octanol–water partition coefficient (Wildman–Crippen LogP) is 3.17. The maximum absolute atomic E-state index is 5.57. The molecule has 2 heterocycles. The zero-order chi connectivity index (χ0) is 20.1. The second kappa shape index (κ2) is 8.87. The summed E-state index contributed by atoms with van der Waals surface area (Å²) in [6.45, 7) is 6.93. The Hall–Kier alpha value is -3.19. The summed E-state index contributed by atoms with van der Waals surface area (Å²) in [4.78, 5) is 16.0. The Morgan fingerprint density at radius 3 is 2.76 bits per heavy atom. The molecule has 1 aliphatic heterocycles. The van der Waals surface area contributed by atoms with Crippen molar-refractivity contribution in [1.29, 1.82) is 0 Å². The van der Waals surface area contributed by atoms with Crippen LogP contribution in [-0.2, 0) is 6.42 Å². The van der Waals surface area contributed by atoms with Gasteiger partial charge in [-0.25, -0.2) is 15.0 Å². The monoisotopic (exact) mass is 390 g/mol. The number of benzene rings is 2. The highest BCUT2D eigenvalue weighted by molar-refractivity contribution is 5.93. The number of aryl methyl sites for hydroxylation is 1. The van der Waals surface area contributed by atoms with Gasteiger partial charge in [0.05, 0.1) is 31.2 Å². The van der Waals surface area contributed by atoms with E-state index in [1.807, 2.05) is 38.1 Å². The first-order valence-corrected chi connectivity index (χ1v) is 9.94. The van der Waals surface area contributed by atoms with Crippen LogP contribution in [0, 0.1) is 6.92 Å². The van der Waals surface area contributed by atoms with Crippen LogP contribution in [0.3, 0.4) is 0 Å². The van der Waals surface area contributed by atoms with E-state index in [1.54, 1.807) is 0 Å². The molecular weight excluding hydrogens is 364 g/mol. The quantitative estimate of drug-likeness (QED) is 0.673. The Morgan fingerprint density at radius 1 is 1.14 bits per heavy atom. The molecule has 0 saturated carbocycles. The first-order chi connectivity index (χ1) is 14.2. The summed E-state index contributed by atoms with van der Waals surface area (Å²) >= 11 is 0. The number of anilines is 1. The molecule has 1 aliphatic rings. The number of fused-ring (bicyclic) bond motifs is 1. The zero-order valence-electron chi connectivity index (χ0n) is 16.9. The van der Waals surface area contributed by atoms with Crippen LogP contribution in [0.4, 0.5) is 5.95 Å². The van der Waals surface area contributed by atoms with E-state index in [0.717, 1.165) is 42.0 Å². The lowest BCUT2D eigenvalue weighted by Crippen LogP contribution is -2.46. The van der Waals surface area contributed by atoms with E-state index in [0.29, 0.717) is 25.2 Å². The summed E-state index contributed by atoms with van der Waals surface area (Å²) in [6.07, 6.45) is 1.01. The van der Waals surface area contributed by atoms with Crippen molar-refractivity contribution in [1.82, 2.24) is 20.2 Å². The van der Waals surface area contributed by atoms with Gasteiger partial charge in [-0.05, 0) is 44.0 Å². The molecule has 2 aromatic carbocycles. The molecule has 7 nitrogen and oxygen atoms in total. The van der Waals surface area contributed by atoms with E-state index in [-0.39, 0.29) is 0 Å². The van der Waals surface area contributed by atoms with Crippen molar-refractivity contribution in [3.63, 3.8) is 0 Å². The minimum absolute atomic E-state index is 0.545. The first kappa shape index (κ1) is 19.1. The Labute approximate surface area is 170 Å². The van der Waals surface area contributed by atoms with E-state index in [2.05, 4.69) is 54.8 Å². The fraction of sp³-hybridized carbons (Fsp3) is 0.318. The lowest BCUT2D eigenvalue weighted by molar-refractivity contribution is 0.268. The van der Waals surface area contributed by atoms with Gasteiger partial charge in [-0.15, -0.1) is 0 Å². The van der Waals surface area contributed by atoms with Crippen LogP contribution in [-0.4, -0.2) is 47.3 Å². The van der Waals surface area contributed by atoms with E-state index in [9.17, 15) is 0 Å². The number of aromatic nitrogens is 2. The van der Waals surface area contributed by atoms with E-state index in [4.69, 9.17) is 4.74 Å². The number of ether oxygens (including phenoxy) is 1. The Morgan fingerprint density at radius 2 is 2.00 bits per heavy atom. The molecule has 0 spiro atoms. The zero-order valence-corrected chi connectivity index (χ0v) is 16.9. The van der Waals surface area contributed by atoms with Crippen LogP contribution in [0.5, 0.6) is 5.75 Å². The molecule has 150 valence electrons. The Bertz CT molecular complexity index is 1000. The molecule has 7 heteroatoms. The highest BCUT2D eigenvalue weighted by Gasteiger charge is 2.14. The number of hydrogen-bond acceptors (Lipinski definition) is 7. The summed E-state index contributed by atoms with van der Waals surface area (Å²) in [6, 6.07) is 16.4. The highest BCUT2D eigenvalue weighted by atomic mass is 16.5. The van der Waals surface area contributed by atoms with Gasteiger partial charge in [0.1, 0.15) is 5.75 Å². The maximum atomic E-state index is 5.57. The van der Waals surface area contributed by atoms with Gasteiger partial charge < -0.3 is 10.1 Å². The van der Waals surface area contributed by atoms with Gasteiger partial charge in [-0.3, -0.25) is 10.2 Å². The normalized spacial score (nSPS) is 14.3. The minimum Gasteiger partial charge on any atom is -0.494 e. The summed E-state index contributed by atoms with van der Waals surface area (Å²) in [7, 11) is 0. The van der Waals surface area contributed by atoms with Crippen LogP contribution in [0.15, 0.2) is 53.5 Å². The number of hydrogen-bond donors (Lipinski definition) is 2. The number of guanidine groups is 1. The summed E-state index contributed by atoms with van der Waals surface area (Å²) < 4.78 is 5.57. The molecule has 0 fully saturated rings. The molecule has 0 radical (unpaired) electrons. The molecule has 3 aromatic rings. The van der Waals surface area contributed by atoms with Crippen LogP contribution >= 0.6 is 0 Å². The van der Waals surface area contributed by atoms with E-state index in [1.165, 1.54) is 5.56 Å². The van der Waals surface area contributed by atoms with Gasteiger partial charge in [-0.2, -0.15) is 0 Å². The van der Waals surface area contributed by atoms with Gasteiger partial charge in [0.15, 0.2) is 0 Å². The lowest BCUT2D eigenvalue weighted by atomic mass is 10.1. The summed E-state index contributed by atoms with van der Waals surface area (Å²) in [5, 5.41) is 7.51. The topological polar surface area (TPSA) is 74.7 Å². The third kappa shape index (κ3) is 4.81. The largest absolute Gasteiger partial charge is 0.494 e. The average Bonchev–Trinajstić information content (AvgIpc) is 2.75. The molecule has 0 aliphatic carbocycles. The number of nitrogens with zero attached hydrogens (tertiary/aromatic N) is 4. The molecule has 2 N–H and O–H groups in total. The highest BCUT2D eigenvalue weighted by Crippen LogP contribution is 2.23. The first-order valence-electron chi connectivity index (χ1n) is 9.94. The predicted molar refractivity (Wildman–Crippen MR) is 116 cm³/mol. The van der Waals surface area contributed by atoms with Gasteiger partial charge in [0, 0.05) is 11.9 Å².